The van der Waals surface area contributed by atoms with E-state index in [-0.39, 0.29) is 0 Å². The van der Waals surface area contributed by atoms with Crippen molar-refractivity contribution < 1.29 is 0 Å². The van der Waals surface area contributed by atoms with Gasteiger partial charge in [-0.3, -0.25) is 0 Å². The second-order valence-electron chi connectivity index (χ2n) is 4.23. The van der Waals surface area contributed by atoms with Crippen molar-refractivity contribution in [2.75, 3.05) is 0 Å². The molecule has 0 aliphatic heterocycles. The number of aromatic amines is 2. The average Bonchev–Trinajstić information content (AvgIpc) is 3.07. The van der Waals surface area contributed by atoms with E-state index in [2.05, 4.69) is 25.3 Å². The highest BCUT2D eigenvalue weighted by Gasteiger charge is 2.09. The van der Waals surface area contributed by atoms with E-state index in [1.807, 2.05) is 31.2 Å². The third-order valence-corrected chi connectivity index (χ3v) is 3.13. The number of nitrogens with zero attached hydrogens (tertiary/aromatic N) is 4. The van der Waals surface area contributed by atoms with Gasteiger partial charge in [-0.15, -0.1) is 0 Å². The molecule has 100 valence electrons. The molecule has 0 bridgehead atoms. The predicted octanol–water partition coefficient (Wildman–Crippen LogP) is 2.52. The van der Waals surface area contributed by atoms with Crippen LogP contribution in [0.5, 0.6) is 0 Å². The number of hydrogen-bond acceptors (Lipinski definition) is 4. The van der Waals surface area contributed by atoms with E-state index >= 15 is 0 Å². The van der Waals surface area contributed by atoms with Crippen molar-refractivity contribution >= 4 is 18.4 Å². The molecule has 0 amide bonds. The second kappa shape index (κ2) is 5.22. The lowest BCUT2D eigenvalue weighted by atomic mass is 10.1. The van der Waals surface area contributed by atoms with Crippen LogP contribution in [0.1, 0.15) is 11.3 Å². The number of nitrogens with one attached hydrogen (secondary N) is 2. The lowest BCUT2D eigenvalue weighted by Crippen LogP contribution is -1.96. The summed E-state index contributed by atoms with van der Waals surface area (Å²) in [6.07, 6.45) is 4.93. The first-order chi connectivity index (χ1) is 9.75. The fourth-order valence-electron chi connectivity index (χ4n) is 1.85. The van der Waals surface area contributed by atoms with Gasteiger partial charge in [0.1, 0.15) is 0 Å². The Morgan fingerprint density at radius 1 is 1.35 bits per heavy atom. The summed E-state index contributed by atoms with van der Waals surface area (Å²) in [4.78, 5) is 6.88. The third kappa shape index (κ3) is 2.30. The van der Waals surface area contributed by atoms with Crippen LogP contribution in [0, 0.1) is 11.7 Å². The van der Waals surface area contributed by atoms with Crippen LogP contribution in [0.15, 0.2) is 41.9 Å². The number of aryl methyl sites for hydroxylation is 1. The van der Waals surface area contributed by atoms with E-state index in [0.717, 1.165) is 16.8 Å². The summed E-state index contributed by atoms with van der Waals surface area (Å²) in [5, 5.41) is 11.4. The molecule has 2 heterocycles. The molecular formula is C13H12N6S. The SMILES string of the molecule is Cc1ccccc1-c1n[nH]c(=S)n1/N=C/c1cnc[nH]1. The number of aromatic nitrogens is 5. The molecule has 20 heavy (non-hydrogen) atoms. The van der Waals surface area contributed by atoms with Crippen molar-refractivity contribution in [1.82, 2.24) is 24.8 Å². The fraction of sp³-hybridized carbons (Fsp3) is 0.0769. The molecule has 0 aliphatic rings. The molecule has 3 aromatic rings. The van der Waals surface area contributed by atoms with E-state index in [0.29, 0.717) is 10.6 Å². The van der Waals surface area contributed by atoms with Gasteiger partial charge in [0.15, 0.2) is 5.82 Å². The van der Waals surface area contributed by atoms with Crippen LogP contribution >= 0.6 is 12.2 Å². The number of benzene rings is 1. The van der Waals surface area contributed by atoms with E-state index in [4.69, 9.17) is 12.2 Å². The maximum atomic E-state index is 5.22. The Hall–Kier alpha value is -2.54. The Labute approximate surface area is 120 Å². The molecule has 0 aliphatic carbocycles. The van der Waals surface area contributed by atoms with E-state index < -0.39 is 0 Å². The average molecular weight is 284 g/mol. The molecular weight excluding hydrogens is 272 g/mol. The lowest BCUT2D eigenvalue weighted by Gasteiger charge is -2.03. The highest BCUT2D eigenvalue weighted by atomic mass is 32.1. The minimum atomic E-state index is 0.444. The molecule has 0 radical (unpaired) electrons. The van der Waals surface area contributed by atoms with Crippen LogP contribution in [-0.4, -0.2) is 31.1 Å². The van der Waals surface area contributed by atoms with Gasteiger partial charge in [0.25, 0.3) is 0 Å². The normalized spacial score (nSPS) is 11.2. The summed E-state index contributed by atoms with van der Waals surface area (Å²) >= 11 is 5.22. The Kier molecular flexibility index (Phi) is 3.26. The fourth-order valence-corrected chi connectivity index (χ4v) is 2.03. The predicted molar refractivity (Wildman–Crippen MR) is 79.2 cm³/mol. The molecule has 0 spiro atoms. The van der Waals surface area contributed by atoms with E-state index in [9.17, 15) is 0 Å². The lowest BCUT2D eigenvalue weighted by molar-refractivity contribution is 0.870. The summed E-state index contributed by atoms with van der Waals surface area (Å²) in [5.41, 5.74) is 2.89. The smallest absolute Gasteiger partial charge is 0.216 e. The third-order valence-electron chi connectivity index (χ3n) is 2.87. The maximum Gasteiger partial charge on any atom is 0.216 e. The van der Waals surface area contributed by atoms with Crippen molar-refractivity contribution in [1.29, 1.82) is 0 Å². The molecule has 0 unspecified atom stereocenters. The molecule has 0 atom stereocenters. The van der Waals surface area contributed by atoms with Gasteiger partial charge in [-0.25, -0.2) is 10.1 Å². The topological polar surface area (TPSA) is 74.7 Å². The Morgan fingerprint density at radius 2 is 2.20 bits per heavy atom. The molecule has 0 saturated carbocycles. The first-order valence-electron chi connectivity index (χ1n) is 6.02. The van der Waals surface area contributed by atoms with E-state index in [1.165, 1.54) is 0 Å². The minimum Gasteiger partial charge on any atom is -0.344 e. The molecule has 0 fully saturated rings. The van der Waals surface area contributed by atoms with Crippen LogP contribution in [-0.2, 0) is 0 Å². The summed E-state index contributed by atoms with van der Waals surface area (Å²) in [7, 11) is 0. The van der Waals surface area contributed by atoms with Crippen molar-refractivity contribution in [2.45, 2.75) is 6.92 Å². The maximum absolute atomic E-state index is 5.22. The van der Waals surface area contributed by atoms with Gasteiger partial charge in [-0.2, -0.15) is 14.9 Å². The minimum absolute atomic E-state index is 0.444. The summed E-state index contributed by atoms with van der Waals surface area (Å²) in [6, 6.07) is 7.96. The molecule has 0 saturated heterocycles. The van der Waals surface area contributed by atoms with Crippen LogP contribution in [0.3, 0.4) is 0 Å². The quantitative estimate of drug-likeness (QED) is 0.573. The molecule has 3 rings (SSSR count). The van der Waals surface area contributed by atoms with Gasteiger partial charge < -0.3 is 4.98 Å². The zero-order valence-corrected chi connectivity index (χ0v) is 11.6. The van der Waals surface area contributed by atoms with Crippen molar-refractivity contribution in [3.8, 4) is 11.4 Å². The first-order valence-corrected chi connectivity index (χ1v) is 6.42. The highest BCUT2D eigenvalue weighted by molar-refractivity contribution is 7.71. The van der Waals surface area contributed by atoms with Crippen molar-refractivity contribution in [3.63, 3.8) is 0 Å². The summed E-state index contributed by atoms with van der Waals surface area (Å²) in [6.45, 7) is 2.02. The summed E-state index contributed by atoms with van der Waals surface area (Å²) < 4.78 is 2.04. The van der Waals surface area contributed by atoms with Gasteiger partial charge >= 0.3 is 0 Å². The van der Waals surface area contributed by atoms with E-state index in [1.54, 1.807) is 23.4 Å². The molecule has 7 heteroatoms. The Morgan fingerprint density at radius 3 is 2.95 bits per heavy atom. The van der Waals surface area contributed by atoms with Crippen LogP contribution in [0.2, 0.25) is 0 Å². The van der Waals surface area contributed by atoms with Crippen LogP contribution in [0.25, 0.3) is 11.4 Å². The van der Waals surface area contributed by atoms with Gasteiger partial charge in [0.05, 0.1) is 24.4 Å². The van der Waals surface area contributed by atoms with Crippen LogP contribution in [0.4, 0.5) is 0 Å². The van der Waals surface area contributed by atoms with Gasteiger partial charge in [0.2, 0.25) is 4.77 Å². The second-order valence-corrected chi connectivity index (χ2v) is 4.62. The molecule has 6 nitrogen and oxygen atoms in total. The molecule has 2 N–H and O–H groups in total. The van der Waals surface area contributed by atoms with Crippen molar-refractivity contribution in [2.24, 2.45) is 5.10 Å². The van der Waals surface area contributed by atoms with Crippen LogP contribution < -0.4 is 0 Å². The largest absolute Gasteiger partial charge is 0.344 e. The molecule has 2 aromatic heterocycles. The zero-order chi connectivity index (χ0) is 13.9. The van der Waals surface area contributed by atoms with Gasteiger partial charge in [0, 0.05) is 5.56 Å². The van der Waals surface area contributed by atoms with Gasteiger partial charge in [-0.1, -0.05) is 24.3 Å². The highest BCUT2D eigenvalue weighted by Crippen LogP contribution is 2.20. The van der Waals surface area contributed by atoms with Gasteiger partial charge in [-0.05, 0) is 24.7 Å². The Balaban J connectivity index is 2.07. The standard InChI is InChI=1S/C13H12N6S/c1-9-4-2-3-5-11(9)12-17-18-13(20)19(12)16-7-10-6-14-8-15-10/h2-8H,1H3,(H,14,15)(H,18,20)/b16-7+. The number of hydrogen-bond donors (Lipinski definition) is 2. The summed E-state index contributed by atoms with van der Waals surface area (Å²) in [5.74, 6) is 0.684. The number of rotatable bonds is 3. The van der Waals surface area contributed by atoms with Crippen molar-refractivity contribution in [3.05, 3.63) is 52.8 Å². The number of imidazole rings is 1. The monoisotopic (exact) mass is 284 g/mol. The molecule has 1 aromatic carbocycles. The first kappa shape index (κ1) is 12.5. The number of H-pyrrole nitrogens is 2. The zero-order valence-electron chi connectivity index (χ0n) is 10.7. The Bertz CT molecular complexity index is 796.